The summed E-state index contributed by atoms with van der Waals surface area (Å²) in [5.74, 6) is 0.372. The van der Waals surface area contributed by atoms with E-state index in [2.05, 4.69) is 0 Å². The average Bonchev–Trinajstić information content (AvgIpc) is 2.78. The van der Waals surface area contributed by atoms with E-state index < -0.39 is 0 Å². The Morgan fingerprint density at radius 3 is 2.72 bits per heavy atom. The zero-order chi connectivity index (χ0) is 13.0. The lowest BCUT2D eigenvalue weighted by Gasteiger charge is -2.30. The number of amides is 1. The largest absolute Gasteiger partial charge is 0.456 e. The summed E-state index contributed by atoms with van der Waals surface area (Å²) in [5, 5.41) is 0. The average molecular weight is 251 g/mol. The highest BCUT2D eigenvalue weighted by Crippen LogP contribution is 2.29. The standard InChI is InChI=1S/C14H21NO3/c1-11(7-12-5-3-2-4-6-12)15(10-16)13-8-14(17)18-9-13/h8,10-12H,2-7,9H2,1H3/t11-/m0/s1. The summed E-state index contributed by atoms with van der Waals surface area (Å²) in [6.07, 6.45) is 9.76. The molecule has 0 saturated heterocycles. The summed E-state index contributed by atoms with van der Waals surface area (Å²) in [4.78, 5) is 23.9. The van der Waals surface area contributed by atoms with Gasteiger partial charge in [-0.3, -0.25) is 4.79 Å². The van der Waals surface area contributed by atoms with Crippen LogP contribution in [0.4, 0.5) is 0 Å². The van der Waals surface area contributed by atoms with Gasteiger partial charge >= 0.3 is 5.97 Å². The molecule has 0 aromatic carbocycles. The molecule has 4 nitrogen and oxygen atoms in total. The molecular formula is C14H21NO3. The second-order valence-electron chi connectivity index (χ2n) is 5.34. The Hall–Kier alpha value is -1.32. The van der Waals surface area contributed by atoms with E-state index in [0.717, 1.165) is 18.7 Å². The fraction of sp³-hybridized carbons (Fsp3) is 0.714. The van der Waals surface area contributed by atoms with E-state index in [1.165, 1.54) is 38.2 Å². The first-order chi connectivity index (χ1) is 8.70. The van der Waals surface area contributed by atoms with Crippen LogP contribution in [-0.2, 0) is 14.3 Å². The molecule has 0 aromatic heterocycles. The number of cyclic esters (lactones) is 1. The molecule has 0 N–H and O–H groups in total. The van der Waals surface area contributed by atoms with Gasteiger partial charge in [0.2, 0.25) is 6.41 Å². The van der Waals surface area contributed by atoms with Gasteiger partial charge in [-0.25, -0.2) is 4.79 Å². The van der Waals surface area contributed by atoms with Crippen LogP contribution in [0.1, 0.15) is 45.4 Å². The third-order valence-corrected chi connectivity index (χ3v) is 3.97. The normalized spacial score (nSPS) is 22.3. The van der Waals surface area contributed by atoms with E-state index in [1.54, 1.807) is 4.90 Å². The van der Waals surface area contributed by atoms with Gasteiger partial charge in [-0.15, -0.1) is 0 Å². The number of carbonyl (C=O) groups excluding carboxylic acids is 2. The Kier molecular flexibility index (Phi) is 4.39. The van der Waals surface area contributed by atoms with Crippen molar-refractivity contribution in [3.05, 3.63) is 11.8 Å². The summed E-state index contributed by atoms with van der Waals surface area (Å²) in [6.45, 7) is 2.28. The van der Waals surface area contributed by atoms with Crippen LogP contribution >= 0.6 is 0 Å². The van der Waals surface area contributed by atoms with E-state index in [-0.39, 0.29) is 18.6 Å². The Labute approximate surface area is 108 Å². The Balaban J connectivity index is 1.92. The van der Waals surface area contributed by atoms with Crippen LogP contribution < -0.4 is 0 Å². The van der Waals surface area contributed by atoms with Crippen LogP contribution in [0.2, 0.25) is 0 Å². The molecule has 18 heavy (non-hydrogen) atoms. The molecule has 4 heteroatoms. The zero-order valence-corrected chi connectivity index (χ0v) is 10.9. The highest BCUT2D eigenvalue weighted by molar-refractivity contribution is 5.85. The van der Waals surface area contributed by atoms with Crippen molar-refractivity contribution in [3.63, 3.8) is 0 Å². The number of ether oxygens (including phenoxy) is 1. The third-order valence-electron chi connectivity index (χ3n) is 3.97. The maximum atomic E-state index is 11.2. The van der Waals surface area contributed by atoms with E-state index in [0.29, 0.717) is 5.70 Å². The number of esters is 1. The molecule has 1 amide bonds. The van der Waals surface area contributed by atoms with Crippen LogP contribution in [0, 0.1) is 5.92 Å². The van der Waals surface area contributed by atoms with Crippen molar-refractivity contribution in [2.45, 2.75) is 51.5 Å². The molecule has 1 aliphatic carbocycles. The van der Waals surface area contributed by atoms with Gasteiger partial charge in [-0.1, -0.05) is 32.1 Å². The predicted octanol–water partition coefficient (Wildman–Crippen LogP) is 2.24. The van der Waals surface area contributed by atoms with Crippen molar-refractivity contribution in [2.75, 3.05) is 6.61 Å². The van der Waals surface area contributed by atoms with Gasteiger partial charge in [-0.2, -0.15) is 0 Å². The number of hydrogen-bond acceptors (Lipinski definition) is 3. The molecule has 0 spiro atoms. The molecule has 1 heterocycles. The second-order valence-corrected chi connectivity index (χ2v) is 5.34. The van der Waals surface area contributed by atoms with E-state index >= 15 is 0 Å². The summed E-state index contributed by atoms with van der Waals surface area (Å²) >= 11 is 0. The van der Waals surface area contributed by atoms with Crippen molar-refractivity contribution >= 4 is 12.4 Å². The molecule has 0 aromatic rings. The van der Waals surface area contributed by atoms with Crippen molar-refractivity contribution < 1.29 is 14.3 Å². The minimum atomic E-state index is -0.346. The Morgan fingerprint density at radius 2 is 2.17 bits per heavy atom. The number of nitrogens with zero attached hydrogens (tertiary/aromatic N) is 1. The third kappa shape index (κ3) is 3.12. The molecule has 1 saturated carbocycles. The van der Waals surface area contributed by atoms with Gasteiger partial charge in [0.25, 0.3) is 0 Å². The van der Waals surface area contributed by atoms with Gasteiger partial charge in [0.05, 0.1) is 5.70 Å². The van der Waals surface area contributed by atoms with E-state index in [9.17, 15) is 9.59 Å². The molecule has 2 rings (SSSR count). The number of carbonyl (C=O) groups is 2. The van der Waals surface area contributed by atoms with Crippen molar-refractivity contribution in [1.29, 1.82) is 0 Å². The molecule has 1 atom stereocenters. The van der Waals surface area contributed by atoms with Crippen LogP contribution in [-0.4, -0.2) is 29.9 Å². The van der Waals surface area contributed by atoms with Crippen LogP contribution in [0.15, 0.2) is 11.8 Å². The van der Waals surface area contributed by atoms with Crippen molar-refractivity contribution in [3.8, 4) is 0 Å². The Morgan fingerprint density at radius 1 is 1.44 bits per heavy atom. The molecule has 2 aliphatic rings. The fourth-order valence-electron chi connectivity index (χ4n) is 2.99. The lowest BCUT2D eigenvalue weighted by atomic mass is 9.85. The lowest BCUT2D eigenvalue weighted by molar-refractivity contribution is -0.135. The number of hydrogen-bond donors (Lipinski definition) is 0. The van der Waals surface area contributed by atoms with Crippen LogP contribution in [0.3, 0.4) is 0 Å². The summed E-state index contributed by atoms with van der Waals surface area (Å²) in [6, 6.07) is 0.145. The van der Waals surface area contributed by atoms with Gasteiger partial charge in [0.15, 0.2) is 0 Å². The molecular weight excluding hydrogens is 230 g/mol. The molecule has 0 radical (unpaired) electrons. The van der Waals surface area contributed by atoms with Gasteiger partial charge in [0, 0.05) is 12.1 Å². The molecule has 1 fully saturated rings. The molecule has 0 unspecified atom stereocenters. The van der Waals surface area contributed by atoms with Crippen molar-refractivity contribution in [1.82, 2.24) is 4.90 Å². The van der Waals surface area contributed by atoms with Crippen LogP contribution in [0.5, 0.6) is 0 Å². The first-order valence-corrected chi connectivity index (χ1v) is 6.81. The van der Waals surface area contributed by atoms with Crippen molar-refractivity contribution in [2.24, 2.45) is 5.92 Å². The minimum Gasteiger partial charge on any atom is -0.456 e. The maximum Gasteiger partial charge on any atom is 0.333 e. The van der Waals surface area contributed by atoms with Gasteiger partial charge in [-0.05, 0) is 19.3 Å². The Bertz CT molecular complexity index is 345. The highest BCUT2D eigenvalue weighted by Gasteiger charge is 2.25. The molecule has 1 aliphatic heterocycles. The van der Waals surface area contributed by atoms with E-state index in [4.69, 9.17) is 4.74 Å². The lowest BCUT2D eigenvalue weighted by Crippen LogP contribution is -2.33. The van der Waals surface area contributed by atoms with Crippen LogP contribution in [0.25, 0.3) is 0 Å². The first kappa shape index (κ1) is 13.1. The summed E-state index contributed by atoms with van der Waals surface area (Å²) in [7, 11) is 0. The first-order valence-electron chi connectivity index (χ1n) is 6.81. The number of rotatable bonds is 5. The maximum absolute atomic E-state index is 11.2. The summed E-state index contributed by atoms with van der Waals surface area (Å²) in [5.41, 5.74) is 0.693. The predicted molar refractivity (Wildman–Crippen MR) is 67.6 cm³/mol. The fourth-order valence-corrected chi connectivity index (χ4v) is 2.99. The van der Waals surface area contributed by atoms with E-state index in [1.807, 2.05) is 6.92 Å². The highest BCUT2D eigenvalue weighted by atomic mass is 16.5. The van der Waals surface area contributed by atoms with Gasteiger partial charge in [0.1, 0.15) is 6.61 Å². The SMILES string of the molecule is C[C@@H](CC1CCCCC1)N(C=O)C1=CC(=O)OC1. The smallest absolute Gasteiger partial charge is 0.333 e. The second kappa shape index (κ2) is 6.03. The minimum absolute atomic E-state index is 0.145. The topological polar surface area (TPSA) is 46.6 Å². The van der Waals surface area contributed by atoms with Gasteiger partial charge < -0.3 is 9.64 Å². The molecule has 100 valence electrons. The zero-order valence-electron chi connectivity index (χ0n) is 10.9. The summed E-state index contributed by atoms with van der Waals surface area (Å²) < 4.78 is 4.86. The quantitative estimate of drug-likeness (QED) is 0.556. The molecule has 0 bridgehead atoms. The monoisotopic (exact) mass is 251 g/mol.